The number of rotatable bonds is 6. The molecule has 0 saturated carbocycles. The highest BCUT2D eigenvalue weighted by atomic mass is 16.5. The van der Waals surface area contributed by atoms with E-state index in [0.29, 0.717) is 30.8 Å². The molecule has 0 spiro atoms. The largest absolute Gasteiger partial charge is 0.484 e. The number of carbonyl (C=O) groups is 3. The van der Waals surface area contributed by atoms with E-state index < -0.39 is 6.04 Å². The maximum atomic E-state index is 11.9. The van der Waals surface area contributed by atoms with Gasteiger partial charge in [-0.1, -0.05) is 6.92 Å². The van der Waals surface area contributed by atoms with Crippen molar-refractivity contribution in [2.24, 2.45) is 0 Å². The standard InChI is InChI=1S/C17H23N3O4/c1-2-15(21)19-12-6-8-13(9-7-12)24-11-16(22)20-14-5-3-4-10-18-17(14)23/h6-9,14H,2-5,10-11H2,1H3,(H,18,23)(H,19,21)(H,20,22)/t14-/m0/s1. The first kappa shape index (κ1) is 17.8. The smallest absolute Gasteiger partial charge is 0.258 e. The van der Waals surface area contributed by atoms with Gasteiger partial charge in [-0.25, -0.2) is 0 Å². The average molecular weight is 333 g/mol. The molecule has 1 aliphatic rings. The Morgan fingerprint density at radius 1 is 1.21 bits per heavy atom. The van der Waals surface area contributed by atoms with Crippen molar-refractivity contribution >= 4 is 23.4 Å². The number of nitrogens with one attached hydrogen (secondary N) is 3. The maximum Gasteiger partial charge on any atom is 0.258 e. The minimum absolute atomic E-state index is 0.0651. The van der Waals surface area contributed by atoms with Crippen molar-refractivity contribution < 1.29 is 19.1 Å². The summed E-state index contributed by atoms with van der Waals surface area (Å²) < 4.78 is 5.41. The molecule has 0 aliphatic carbocycles. The lowest BCUT2D eigenvalue weighted by Crippen LogP contribution is -2.46. The van der Waals surface area contributed by atoms with Crippen LogP contribution in [0.3, 0.4) is 0 Å². The molecule has 130 valence electrons. The van der Waals surface area contributed by atoms with E-state index in [-0.39, 0.29) is 24.3 Å². The summed E-state index contributed by atoms with van der Waals surface area (Å²) in [5.41, 5.74) is 0.675. The van der Waals surface area contributed by atoms with E-state index in [1.165, 1.54) is 0 Å². The second kappa shape index (κ2) is 8.90. The molecular weight excluding hydrogens is 310 g/mol. The molecule has 1 aromatic rings. The summed E-state index contributed by atoms with van der Waals surface area (Å²) in [7, 11) is 0. The minimum atomic E-state index is -0.491. The number of hydrogen-bond acceptors (Lipinski definition) is 4. The molecular formula is C17H23N3O4. The molecule has 0 radical (unpaired) electrons. The zero-order chi connectivity index (χ0) is 17.4. The van der Waals surface area contributed by atoms with Crippen molar-refractivity contribution in [2.75, 3.05) is 18.5 Å². The lowest BCUT2D eigenvalue weighted by molar-refractivity contribution is -0.129. The van der Waals surface area contributed by atoms with Crippen LogP contribution >= 0.6 is 0 Å². The van der Waals surface area contributed by atoms with Gasteiger partial charge in [0.25, 0.3) is 5.91 Å². The Labute approximate surface area is 141 Å². The Balaban J connectivity index is 1.78. The van der Waals surface area contributed by atoms with Crippen LogP contribution in [0, 0.1) is 0 Å². The molecule has 1 heterocycles. The molecule has 3 N–H and O–H groups in total. The van der Waals surface area contributed by atoms with Crippen LogP contribution in [0.4, 0.5) is 5.69 Å². The van der Waals surface area contributed by atoms with Gasteiger partial charge in [-0.3, -0.25) is 14.4 Å². The molecule has 0 unspecified atom stereocenters. The van der Waals surface area contributed by atoms with Gasteiger partial charge in [-0.2, -0.15) is 0 Å². The van der Waals surface area contributed by atoms with Crippen molar-refractivity contribution in [3.8, 4) is 5.75 Å². The van der Waals surface area contributed by atoms with E-state index in [1.54, 1.807) is 31.2 Å². The highest BCUT2D eigenvalue weighted by molar-refractivity contribution is 5.90. The highest BCUT2D eigenvalue weighted by Crippen LogP contribution is 2.15. The van der Waals surface area contributed by atoms with E-state index in [0.717, 1.165) is 12.8 Å². The molecule has 1 aromatic carbocycles. The molecule has 0 aromatic heterocycles. The van der Waals surface area contributed by atoms with Crippen molar-refractivity contribution in [3.63, 3.8) is 0 Å². The van der Waals surface area contributed by atoms with Crippen molar-refractivity contribution in [3.05, 3.63) is 24.3 Å². The molecule has 1 fully saturated rings. The second-order valence-electron chi connectivity index (χ2n) is 5.62. The number of amides is 3. The summed E-state index contributed by atoms with van der Waals surface area (Å²) in [6.45, 7) is 2.27. The highest BCUT2D eigenvalue weighted by Gasteiger charge is 2.22. The van der Waals surface area contributed by atoms with Crippen molar-refractivity contribution in [1.29, 1.82) is 0 Å². The predicted molar refractivity (Wildman–Crippen MR) is 89.6 cm³/mol. The molecule has 1 saturated heterocycles. The normalized spacial score (nSPS) is 17.4. The second-order valence-corrected chi connectivity index (χ2v) is 5.62. The first-order valence-electron chi connectivity index (χ1n) is 8.18. The molecule has 7 heteroatoms. The molecule has 24 heavy (non-hydrogen) atoms. The van der Waals surface area contributed by atoms with E-state index >= 15 is 0 Å². The third-order valence-electron chi connectivity index (χ3n) is 3.70. The van der Waals surface area contributed by atoms with E-state index in [1.807, 2.05) is 0 Å². The van der Waals surface area contributed by atoms with Crippen LogP contribution in [-0.4, -0.2) is 36.9 Å². The van der Waals surface area contributed by atoms with Crippen LogP contribution in [-0.2, 0) is 14.4 Å². The molecule has 0 bridgehead atoms. The van der Waals surface area contributed by atoms with Crippen LogP contribution in [0.25, 0.3) is 0 Å². The maximum absolute atomic E-state index is 11.9. The van der Waals surface area contributed by atoms with Crippen LogP contribution in [0.5, 0.6) is 5.75 Å². The third-order valence-corrected chi connectivity index (χ3v) is 3.70. The zero-order valence-corrected chi connectivity index (χ0v) is 13.8. The monoisotopic (exact) mass is 333 g/mol. The van der Waals surface area contributed by atoms with Gasteiger partial charge in [0.1, 0.15) is 11.8 Å². The number of anilines is 1. The topological polar surface area (TPSA) is 96.5 Å². The first-order valence-corrected chi connectivity index (χ1v) is 8.18. The Morgan fingerprint density at radius 2 is 1.96 bits per heavy atom. The Kier molecular flexibility index (Phi) is 6.60. The van der Waals surface area contributed by atoms with E-state index in [4.69, 9.17) is 4.74 Å². The zero-order valence-electron chi connectivity index (χ0n) is 13.8. The van der Waals surface area contributed by atoms with Crippen LogP contribution in [0.1, 0.15) is 32.6 Å². The van der Waals surface area contributed by atoms with Gasteiger partial charge in [-0.15, -0.1) is 0 Å². The third kappa shape index (κ3) is 5.57. The molecule has 3 amide bonds. The summed E-state index contributed by atoms with van der Waals surface area (Å²) in [5, 5.41) is 8.19. The van der Waals surface area contributed by atoms with Gasteiger partial charge in [0.15, 0.2) is 6.61 Å². The van der Waals surface area contributed by atoms with Gasteiger partial charge in [0, 0.05) is 18.7 Å². The Hall–Kier alpha value is -2.57. The summed E-state index contributed by atoms with van der Waals surface area (Å²) in [6.07, 6.45) is 2.88. The van der Waals surface area contributed by atoms with Crippen LogP contribution in [0.15, 0.2) is 24.3 Å². The Morgan fingerprint density at radius 3 is 2.67 bits per heavy atom. The minimum Gasteiger partial charge on any atom is -0.484 e. The SMILES string of the molecule is CCC(=O)Nc1ccc(OCC(=O)N[C@H]2CCCCNC2=O)cc1. The predicted octanol–water partition coefficient (Wildman–Crippen LogP) is 1.20. The molecule has 2 rings (SSSR count). The quantitative estimate of drug-likeness (QED) is 0.729. The van der Waals surface area contributed by atoms with Gasteiger partial charge in [0.2, 0.25) is 11.8 Å². The lowest BCUT2D eigenvalue weighted by Gasteiger charge is -2.15. The summed E-state index contributed by atoms with van der Waals surface area (Å²) in [4.78, 5) is 35.0. The van der Waals surface area contributed by atoms with Crippen molar-refractivity contribution in [2.45, 2.75) is 38.6 Å². The van der Waals surface area contributed by atoms with Gasteiger partial charge < -0.3 is 20.7 Å². The number of hydrogen-bond donors (Lipinski definition) is 3. The molecule has 1 atom stereocenters. The first-order chi connectivity index (χ1) is 11.6. The number of benzene rings is 1. The average Bonchev–Trinajstić information content (AvgIpc) is 2.79. The summed E-state index contributed by atoms with van der Waals surface area (Å²) >= 11 is 0. The van der Waals surface area contributed by atoms with Crippen LogP contribution < -0.4 is 20.7 Å². The fourth-order valence-corrected chi connectivity index (χ4v) is 2.35. The molecule has 7 nitrogen and oxygen atoms in total. The van der Waals surface area contributed by atoms with E-state index in [9.17, 15) is 14.4 Å². The number of carbonyl (C=O) groups excluding carboxylic acids is 3. The number of ether oxygens (including phenoxy) is 1. The fourth-order valence-electron chi connectivity index (χ4n) is 2.35. The Bertz CT molecular complexity index is 586. The fraction of sp³-hybridized carbons (Fsp3) is 0.471. The van der Waals surface area contributed by atoms with Crippen molar-refractivity contribution in [1.82, 2.24) is 10.6 Å². The summed E-state index contributed by atoms with van der Waals surface area (Å²) in [6, 6.07) is 6.28. The van der Waals surface area contributed by atoms with E-state index in [2.05, 4.69) is 16.0 Å². The lowest BCUT2D eigenvalue weighted by atomic mass is 10.1. The van der Waals surface area contributed by atoms with Gasteiger partial charge >= 0.3 is 0 Å². The summed E-state index contributed by atoms with van der Waals surface area (Å²) in [5.74, 6) is -0.0213. The van der Waals surface area contributed by atoms with Gasteiger partial charge in [0.05, 0.1) is 0 Å². The van der Waals surface area contributed by atoms with Crippen LogP contribution in [0.2, 0.25) is 0 Å². The molecule has 1 aliphatic heterocycles. The van der Waals surface area contributed by atoms with Gasteiger partial charge in [-0.05, 0) is 43.5 Å².